The lowest BCUT2D eigenvalue weighted by Crippen LogP contribution is -2.30. The van der Waals surface area contributed by atoms with Crippen LogP contribution in [0.4, 0.5) is 5.82 Å². The Morgan fingerprint density at radius 1 is 1.42 bits per heavy atom. The van der Waals surface area contributed by atoms with E-state index < -0.39 is 0 Å². The normalized spacial score (nSPS) is 17.9. The smallest absolute Gasteiger partial charge is 0.126 e. The molecule has 1 aromatic heterocycles. The zero-order valence-electron chi connectivity index (χ0n) is 11.6. The molecule has 0 aromatic carbocycles. The number of anilines is 1. The van der Waals surface area contributed by atoms with Gasteiger partial charge in [0.05, 0.1) is 5.69 Å². The summed E-state index contributed by atoms with van der Waals surface area (Å²) in [6.45, 7) is 2.24. The van der Waals surface area contributed by atoms with Crippen LogP contribution in [0.25, 0.3) is 0 Å². The summed E-state index contributed by atoms with van der Waals surface area (Å²) < 4.78 is 0. The van der Waals surface area contributed by atoms with Crippen LogP contribution < -0.4 is 11.1 Å². The lowest BCUT2D eigenvalue weighted by atomic mass is 9.83. The second-order valence-corrected chi connectivity index (χ2v) is 5.77. The number of hydrogen-bond acceptors (Lipinski definition) is 3. The van der Waals surface area contributed by atoms with Crippen LogP contribution in [-0.2, 0) is 0 Å². The molecule has 4 heteroatoms. The molecule has 1 aromatic rings. The maximum absolute atomic E-state index is 5.63. The Morgan fingerprint density at radius 2 is 2.16 bits per heavy atom. The topological polar surface area (TPSA) is 50.9 Å². The molecule has 104 valence electrons. The summed E-state index contributed by atoms with van der Waals surface area (Å²) in [4.78, 5) is 4.83. The van der Waals surface area contributed by atoms with E-state index in [-0.39, 0.29) is 0 Å². The Morgan fingerprint density at radius 3 is 2.79 bits per heavy atom. The van der Waals surface area contributed by atoms with Gasteiger partial charge in [-0.25, -0.2) is 4.98 Å². The molecule has 0 spiro atoms. The van der Waals surface area contributed by atoms with E-state index in [2.05, 4.69) is 17.2 Å². The molecule has 1 heterocycles. The Labute approximate surface area is 121 Å². The number of aromatic nitrogens is 1. The fourth-order valence-electron chi connectivity index (χ4n) is 2.93. The molecule has 2 rings (SSSR count). The van der Waals surface area contributed by atoms with Crippen molar-refractivity contribution < 1.29 is 0 Å². The standard InChI is InChI=1S/C15H23N3S/c1-2-12(11-7-4-3-5-8-11)17-14-10-6-9-13(18-14)15(16)19/h6,9-12H,2-5,7-8H2,1H3,(H2,16,19)(H,17,18). The fraction of sp³-hybridized carbons (Fsp3) is 0.600. The van der Waals surface area contributed by atoms with Gasteiger partial charge in [-0.3, -0.25) is 0 Å². The van der Waals surface area contributed by atoms with Gasteiger partial charge in [0.15, 0.2) is 0 Å². The van der Waals surface area contributed by atoms with Crippen molar-refractivity contribution >= 4 is 23.0 Å². The monoisotopic (exact) mass is 277 g/mol. The predicted molar refractivity (Wildman–Crippen MR) is 84.4 cm³/mol. The minimum Gasteiger partial charge on any atom is -0.388 e. The number of thiocarbonyl (C=S) groups is 1. The number of rotatable bonds is 5. The molecule has 3 N–H and O–H groups in total. The first-order valence-electron chi connectivity index (χ1n) is 7.24. The second kappa shape index (κ2) is 6.85. The van der Waals surface area contributed by atoms with E-state index in [1.807, 2.05) is 18.2 Å². The van der Waals surface area contributed by atoms with Crippen LogP contribution in [-0.4, -0.2) is 16.0 Å². The van der Waals surface area contributed by atoms with Gasteiger partial charge in [0, 0.05) is 6.04 Å². The predicted octanol–water partition coefficient (Wildman–Crippen LogP) is 3.49. The van der Waals surface area contributed by atoms with Crippen LogP contribution in [0.3, 0.4) is 0 Å². The first-order valence-corrected chi connectivity index (χ1v) is 7.65. The van der Waals surface area contributed by atoms with E-state index in [0.717, 1.165) is 18.2 Å². The van der Waals surface area contributed by atoms with Crippen molar-refractivity contribution in [1.82, 2.24) is 4.98 Å². The van der Waals surface area contributed by atoms with Gasteiger partial charge in [-0.2, -0.15) is 0 Å². The zero-order chi connectivity index (χ0) is 13.7. The fourth-order valence-corrected chi connectivity index (χ4v) is 3.05. The third-order valence-corrected chi connectivity index (χ3v) is 4.20. The third-order valence-electron chi connectivity index (χ3n) is 3.99. The largest absolute Gasteiger partial charge is 0.388 e. The maximum atomic E-state index is 5.63. The summed E-state index contributed by atoms with van der Waals surface area (Å²) in [5, 5.41) is 3.57. The van der Waals surface area contributed by atoms with E-state index in [1.54, 1.807) is 0 Å². The summed E-state index contributed by atoms with van der Waals surface area (Å²) in [5.41, 5.74) is 6.32. The molecule has 0 radical (unpaired) electrons. The van der Waals surface area contributed by atoms with Crippen LogP contribution in [0.1, 0.15) is 51.1 Å². The summed E-state index contributed by atoms with van der Waals surface area (Å²) in [5.74, 6) is 1.66. The molecule has 1 aliphatic carbocycles. The molecule has 3 nitrogen and oxygen atoms in total. The molecule has 0 aliphatic heterocycles. The van der Waals surface area contributed by atoms with Crippen LogP contribution in [0.2, 0.25) is 0 Å². The number of nitrogens with one attached hydrogen (secondary N) is 1. The zero-order valence-corrected chi connectivity index (χ0v) is 12.4. The summed E-state index contributed by atoms with van der Waals surface area (Å²) in [6.07, 6.45) is 7.92. The molecule has 0 amide bonds. The summed E-state index contributed by atoms with van der Waals surface area (Å²) in [7, 11) is 0. The molecule has 1 unspecified atom stereocenters. The van der Waals surface area contributed by atoms with Crippen molar-refractivity contribution in [3.63, 3.8) is 0 Å². The van der Waals surface area contributed by atoms with E-state index in [4.69, 9.17) is 18.0 Å². The van der Waals surface area contributed by atoms with Gasteiger partial charge < -0.3 is 11.1 Å². The maximum Gasteiger partial charge on any atom is 0.126 e. The molecule has 0 bridgehead atoms. The Bertz CT molecular complexity index is 427. The Kier molecular flexibility index (Phi) is 5.14. The average Bonchev–Trinajstić information content (AvgIpc) is 2.46. The van der Waals surface area contributed by atoms with Gasteiger partial charge >= 0.3 is 0 Å². The van der Waals surface area contributed by atoms with Gasteiger partial charge in [0.2, 0.25) is 0 Å². The van der Waals surface area contributed by atoms with Crippen molar-refractivity contribution in [2.45, 2.75) is 51.5 Å². The number of pyridine rings is 1. The van der Waals surface area contributed by atoms with Crippen LogP contribution >= 0.6 is 12.2 Å². The Balaban J connectivity index is 2.04. The van der Waals surface area contributed by atoms with E-state index in [9.17, 15) is 0 Å². The van der Waals surface area contributed by atoms with Crippen LogP contribution in [0, 0.1) is 5.92 Å². The van der Waals surface area contributed by atoms with Crippen molar-refractivity contribution in [1.29, 1.82) is 0 Å². The van der Waals surface area contributed by atoms with Crippen molar-refractivity contribution in [2.24, 2.45) is 11.7 Å². The highest BCUT2D eigenvalue weighted by Gasteiger charge is 2.22. The van der Waals surface area contributed by atoms with Crippen molar-refractivity contribution in [3.8, 4) is 0 Å². The first kappa shape index (κ1) is 14.3. The SMILES string of the molecule is CCC(Nc1cccc(C(N)=S)n1)C1CCCCC1. The van der Waals surface area contributed by atoms with E-state index >= 15 is 0 Å². The van der Waals surface area contributed by atoms with Gasteiger partial charge in [-0.15, -0.1) is 0 Å². The molecular formula is C15H23N3S. The quantitative estimate of drug-likeness (QED) is 0.809. The molecule has 1 atom stereocenters. The first-order chi connectivity index (χ1) is 9.20. The number of nitrogens with two attached hydrogens (primary N) is 1. The number of hydrogen-bond donors (Lipinski definition) is 2. The lowest BCUT2D eigenvalue weighted by molar-refractivity contribution is 0.312. The minimum atomic E-state index is 0.356. The third kappa shape index (κ3) is 3.90. The molecule has 1 aliphatic rings. The highest BCUT2D eigenvalue weighted by molar-refractivity contribution is 7.80. The van der Waals surface area contributed by atoms with Crippen molar-refractivity contribution in [2.75, 3.05) is 5.32 Å². The van der Waals surface area contributed by atoms with Crippen LogP contribution in [0.5, 0.6) is 0 Å². The summed E-state index contributed by atoms with van der Waals surface area (Å²) >= 11 is 4.98. The highest BCUT2D eigenvalue weighted by Crippen LogP contribution is 2.29. The lowest BCUT2D eigenvalue weighted by Gasteiger charge is -2.30. The van der Waals surface area contributed by atoms with E-state index in [1.165, 1.54) is 32.1 Å². The van der Waals surface area contributed by atoms with Crippen LogP contribution in [0.15, 0.2) is 18.2 Å². The molecule has 0 saturated heterocycles. The average molecular weight is 277 g/mol. The van der Waals surface area contributed by atoms with Gasteiger partial charge in [0.25, 0.3) is 0 Å². The molecule has 19 heavy (non-hydrogen) atoms. The van der Waals surface area contributed by atoms with Gasteiger partial charge in [-0.05, 0) is 37.3 Å². The van der Waals surface area contributed by atoms with Crippen molar-refractivity contribution in [3.05, 3.63) is 23.9 Å². The highest BCUT2D eigenvalue weighted by atomic mass is 32.1. The second-order valence-electron chi connectivity index (χ2n) is 5.33. The molecule has 1 saturated carbocycles. The van der Waals surface area contributed by atoms with E-state index in [0.29, 0.717) is 16.7 Å². The number of nitrogens with zero attached hydrogens (tertiary/aromatic N) is 1. The minimum absolute atomic E-state index is 0.356. The summed E-state index contributed by atoms with van der Waals surface area (Å²) in [6, 6.07) is 6.31. The van der Waals surface area contributed by atoms with Gasteiger partial charge in [-0.1, -0.05) is 44.5 Å². The Hall–Kier alpha value is -1.16. The molecular weight excluding hydrogens is 254 g/mol. The molecule has 1 fully saturated rings. The van der Waals surface area contributed by atoms with Gasteiger partial charge in [0.1, 0.15) is 10.8 Å².